The second-order valence-electron chi connectivity index (χ2n) is 4.75. The lowest BCUT2D eigenvalue weighted by Crippen LogP contribution is -2.22. The maximum atomic E-state index is 13.4. The van der Waals surface area contributed by atoms with Crippen LogP contribution in [0.3, 0.4) is 0 Å². The number of non-ortho nitro benzene ring substituents is 1. The first-order valence-corrected chi connectivity index (χ1v) is 6.74. The predicted octanol–water partition coefficient (Wildman–Crippen LogP) is 2.25. The number of nitrogens with zero attached hydrogens (tertiary/aromatic N) is 1. The van der Waals surface area contributed by atoms with Crippen molar-refractivity contribution in [3.63, 3.8) is 0 Å². The van der Waals surface area contributed by atoms with Gasteiger partial charge in [0.05, 0.1) is 16.2 Å². The molecule has 2 aromatic carbocycles. The van der Waals surface area contributed by atoms with E-state index in [-0.39, 0.29) is 16.9 Å². The molecule has 10 heteroatoms. The highest BCUT2D eigenvalue weighted by atomic mass is 19.1. The molecular formula is C15H11F2N3O5. The molecule has 1 amide bonds. The van der Waals surface area contributed by atoms with Crippen LogP contribution in [0, 0.1) is 21.7 Å². The monoisotopic (exact) mass is 351 g/mol. The largest absolute Gasteiger partial charge is 0.452 e. The number of nitro groups is 1. The third-order valence-corrected chi connectivity index (χ3v) is 3.03. The van der Waals surface area contributed by atoms with E-state index in [4.69, 9.17) is 5.73 Å². The van der Waals surface area contributed by atoms with Crippen molar-refractivity contribution in [2.24, 2.45) is 0 Å². The van der Waals surface area contributed by atoms with Crippen LogP contribution in [0.25, 0.3) is 0 Å². The third-order valence-electron chi connectivity index (χ3n) is 3.03. The lowest BCUT2D eigenvalue weighted by atomic mass is 10.1. The van der Waals surface area contributed by atoms with Crippen LogP contribution in [0.2, 0.25) is 0 Å². The van der Waals surface area contributed by atoms with Gasteiger partial charge in [-0.05, 0) is 18.2 Å². The van der Waals surface area contributed by atoms with Gasteiger partial charge in [0.2, 0.25) is 0 Å². The van der Waals surface area contributed by atoms with Gasteiger partial charge in [0.1, 0.15) is 17.3 Å². The number of anilines is 2. The fourth-order valence-corrected chi connectivity index (χ4v) is 1.85. The van der Waals surface area contributed by atoms with Gasteiger partial charge >= 0.3 is 5.97 Å². The first-order chi connectivity index (χ1) is 11.8. The molecule has 3 N–H and O–H groups in total. The Bertz CT molecular complexity index is 837. The van der Waals surface area contributed by atoms with Crippen molar-refractivity contribution in [3.05, 3.63) is 63.7 Å². The number of para-hydroxylation sites is 1. The summed E-state index contributed by atoms with van der Waals surface area (Å²) >= 11 is 0. The molecule has 0 aliphatic carbocycles. The van der Waals surface area contributed by atoms with Crippen molar-refractivity contribution < 1.29 is 28.0 Å². The van der Waals surface area contributed by atoms with Crippen LogP contribution in [-0.4, -0.2) is 23.4 Å². The van der Waals surface area contributed by atoms with Crippen molar-refractivity contribution in [1.82, 2.24) is 0 Å². The molecule has 130 valence electrons. The number of nitrogens with one attached hydrogen (secondary N) is 1. The molecule has 0 atom stereocenters. The highest BCUT2D eigenvalue weighted by Crippen LogP contribution is 2.21. The minimum Gasteiger partial charge on any atom is -0.452 e. The van der Waals surface area contributed by atoms with E-state index in [1.807, 2.05) is 5.32 Å². The average Bonchev–Trinajstić information content (AvgIpc) is 2.56. The molecule has 25 heavy (non-hydrogen) atoms. The highest BCUT2D eigenvalue weighted by molar-refractivity contribution is 5.98. The Balaban J connectivity index is 2.00. The number of amides is 1. The molecular weight excluding hydrogens is 340 g/mol. The van der Waals surface area contributed by atoms with E-state index in [2.05, 4.69) is 4.74 Å². The maximum absolute atomic E-state index is 13.4. The molecule has 0 fully saturated rings. The second kappa shape index (κ2) is 7.34. The Morgan fingerprint density at radius 2 is 1.84 bits per heavy atom. The zero-order valence-electron chi connectivity index (χ0n) is 12.5. The Hall–Kier alpha value is -3.56. The summed E-state index contributed by atoms with van der Waals surface area (Å²) in [6, 6.07) is 6.10. The van der Waals surface area contributed by atoms with Crippen molar-refractivity contribution in [2.45, 2.75) is 0 Å². The van der Waals surface area contributed by atoms with E-state index in [1.165, 1.54) is 0 Å². The lowest BCUT2D eigenvalue weighted by molar-refractivity contribution is -0.384. The zero-order valence-corrected chi connectivity index (χ0v) is 12.5. The molecule has 0 bridgehead atoms. The molecule has 0 heterocycles. The van der Waals surface area contributed by atoms with Gasteiger partial charge in [-0.3, -0.25) is 14.9 Å². The van der Waals surface area contributed by atoms with Gasteiger partial charge in [-0.1, -0.05) is 6.07 Å². The number of hydrogen-bond acceptors (Lipinski definition) is 6. The van der Waals surface area contributed by atoms with Gasteiger partial charge in [-0.2, -0.15) is 0 Å². The summed E-state index contributed by atoms with van der Waals surface area (Å²) in [7, 11) is 0. The molecule has 2 aromatic rings. The first-order valence-electron chi connectivity index (χ1n) is 6.74. The summed E-state index contributed by atoms with van der Waals surface area (Å²) in [6.45, 7) is -0.830. The number of nitrogens with two attached hydrogens (primary N) is 1. The van der Waals surface area contributed by atoms with Gasteiger partial charge in [0, 0.05) is 12.1 Å². The highest BCUT2D eigenvalue weighted by Gasteiger charge is 2.18. The predicted molar refractivity (Wildman–Crippen MR) is 82.8 cm³/mol. The summed E-state index contributed by atoms with van der Waals surface area (Å²) in [4.78, 5) is 33.4. The average molecular weight is 351 g/mol. The van der Waals surface area contributed by atoms with E-state index < -0.39 is 40.7 Å². The Kier molecular flexibility index (Phi) is 5.22. The molecule has 0 spiro atoms. The molecule has 0 saturated heterocycles. The van der Waals surface area contributed by atoms with Crippen LogP contribution in [0.15, 0.2) is 36.4 Å². The van der Waals surface area contributed by atoms with Crippen molar-refractivity contribution in [2.75, 3.05) is 17.7 Å². The van der Waals surface area contributed by atoms with Gasteiger partial charge < -0.3 is 15.8 Å². The van der Waals surface area contributed by atoms with Crippen molar-refractivity contribution in [3.8, 4) is 0 Å². The molecule has 0 aliphatic rings. The third kappa shape index (κ3) is 4.25. The molecule has 0 aliphatic heterocycles. The van der Waals surface area contributed by atoms with E-state index >= 15 is 0 Å². The first kappa shape index (κ1) is 17.8. The molecule has 0 radical (unpaired) electrons. The molecule has 0 unspecified atom stereocenters. The molecule has 0 aromatic heterocycles. The van der Waals surface area contributed by atoms with Crippen LogP contribution in [0.1, 0.15) is 10.4 Å². The number of esters is 1. The number of halogens is 2. The fraction of sp³-hybridized carbons (Fsp3) is 0.0667. The number of hydrogen-bond donors (Lipinski definition) is 2. The standard InChI is InChI=1S/C15H11F2N3O5/c16-10-2-1-3-11(17)14(10)19-13(21)7-25-15(22)9-5-4-8(20(23)24)6-12(9)18/h1-6H,7,18H2,(H,19,21). The van der Waals surface area contributed by atoms with Crippen LogP contribution >= 0.6 is 0 Å². The molecule has 0 saturated carbocycles. The van der Waals surface area contributed by atoms with Crippen LogP contribution in [0.5, 0.6) is 0 Å². The van der Waals surface area contributed by atoms with Gasteiger partial charge in [0.15, 0.2) is 6.61 Å². The number of nitrogen functional groups attached to an aromatic ring is 1. The maximum Gasteiger partial charge on any atom is 0.340 e. The van der Waals surface area contributed by atoms with Gasteiger partial charge in [0.25, 0.3) is 11.6 Å². The lowest BCUT2D eigenvalue weighted by Gasteiger charge is -2.09. The van der Waals surface area contributed by atoms with Crippen LogP contribution < -0.4 is 11.1 Å². The van der Waals surface area contributed by atoms with Gasteiger partial charge in [-0.25, -0.2) is 13.6 Å². The van der Waals surface area contributed by atoms with Crippen LogP contribution in [-0.2, 0) is 9.53 Å². The number of carbonyl (C=O) groups excluding carboxylic acids is 2. The summed E-state index contributed by atoms with van der Waals surface area (Å²) in [5.74, 6) is -3.96. The summed E-state index contributed by atoms with van der Waals surface area (Å²) in [5.41, 5.74) is 4.15. The second-order valence-corrected chi connectivity index (χ2v) is 4.75. The minimum absolute atomic E-state index is 0.185. The Morgan fingerprint density at radius 3 is 2.40 bits per heavy atom. The number of nitro benzene ring substituents is 1. The smallest absolute Gasteiger partial charge is 0.340 e. The van der Waals surface area contributed by atoms with Crippen LogP contribution in [0.4, 0.5) is 25.8 Å². The normalized spacial score (nSPS) is 10.2. The summed E-state index contributed by atoms with van der Waals surface area (Å²) in [6.07, 6.45) is 0. The number of rotatable bonds is 5. The van der Waals surface area contributed by atoms with Crippen molar-refractivity contribution >= 4 is 28.9 Å². The van der Waals surface area contributed by atoms with E-state index in [0.717, 1.165) is 36.4 Å². The van der Waals surface area contributed by atoms with Crippen molar-refractivity contribution in [1.29, 1.82) is 0 Å². The fourth-order valence-electron chi connectivity index (χ4n) is 1.85. The summed E-state index contributed by atoms with van der Waals surface area (Å²) in [5, 5.41) is 12.5. The minimum atomic E-state index is -1.02. The Morgan fingerprint density at radius 1 is 1.20 bits per heavy atom. The summed E-state index contributed by atoms with van der Waals surface area (Å²) < 4.78 is 31.5. The van der Waals surface area contributed by atoms with E-state index in [1.54, 1.807) is 0 Å². The Labute approximate surface area is 139 Å². The quantitative estimate of drug-likeness (QED) is 0.368. The number of carbonyl (C=O) groups is 2. The zero-order chi connectivity index (χ0) is 18.6. The van der Waals surface area contributed by atoms with E-state index in [9.17, 15) is 28.5 Å². The van der Waals surface area contributed by atoms with Gasteiger partial charge in [-0.15, -0.1) is 0 Å². The molecule has 2 rings (SSSR count). The van der Waals surface area contributed by atoms with E-state index in [0.29, 0.717) is 0 Å². The number of ether oxygens (including phenoxy) is 1. The SMILES string of the molecule is Nc1cc([N+](=O)[O-])ccc1C(=O)OCC(=O)Nc1c(F)cccc1F. The number of benzene rings is 2. The topological polar surface area (TPSA) is 125 Å². The molecule has 8 nitrogen and oxygen atoms in total.